The SMILES string of the molecule is CCCC(CCCC(CO)C1(c2ccccc2)C=NN=N1)C1(c2ccccc2)C=NN=N1. The molecule has 4 rings (SSSR count). The maximum Gasteiger partial charge on any atom is 0.150 e. The largest absolute Gasteiger partial charge is 0.396 e. The highest BCUT2D eigenvalue weighted by Crippen LogP contribution is 2.43. The minimum absolute atomic E-state index is 0.0172. The Morgan fingerprint density at radius 3 is 1.66 bits per heavy atom. The summed E-state index contributed by atoms with van der Waals surface area (Å²) >= 11 is 0. The molecule has 7 heteroatoms. The van der Waals surface area contributed by atoms with Crippen molar-refractivity contribution in [1.82, 2.24) is 0 Å². The molecule has 4 atom stereocenters. The first-order chi connectivity index (χ1) is 15.7. The second-order valence-corrected chi connectivity index (χ2v) is 8.55. The number of rotatable bonds is 11. The molecule has 0 radical (unpaired) electrons. The molecule has 0 bridgehead atoms. The van der Waals surface area contributed by atoms with Crippen LogP contribution in [0.4, 0.5) is 0 Å². The predicted molar refractivity (Wildman–Crippen MR) is 126 cm³/mol. The van der Waals surface area contributed by atoms with Crippen LogP contribution < -0.4 is 0 Å². The van der Waals surface area contributed by atoms with Gasteiger partial charge in [-0.25, -0.2) is 0 Å². The van der Waals surface area contributed by atoms with Crippen LogP contribution in [-0.2, 0) is 11.1 Å². The maximum absolute atomic E-state index is 10.3. The Labute approximate surface area is 189 Å². The quantitative estimate of drug-likeness (QED) is 0.474. The first-order valence-corrected chi connectivity index (χ1v) is 11.4. The average Bonchev–Trinajstić information content (AvgIpc) is 3.54. The van der Waals surface area contributed by atoms with Gasteiger partial charge in [0, 0.05) is 12.5 Å². The van der Waals surface area contributed by atoms with Crippen LogP contribution in [-0.4, -0.2) is 24.1 Å². The van der Waals surface area contributed by atoms with Crippen molar-refractivity contribution >= 4 is 12.4 Å². The number of hydrogen-bond acceptors (Lipinski definition) is 7. The van der Waals surface area contributed by atoms with Crippen molar-refractivity contribution in [2.24, 2.45) is 42.7 Å². The smallest absolute Gasteiger partial charge is 0.150 e. The molecule has 0 saturated carbocycles. The zero-order valence-electron chi connectivity index (χ0n) is 18.5. The Balaban J connectivity index is 1.52. The highest BCUT2D eigenvalue weighted by molar-refractivity contribution is 5.75. The van der Waals surface area contributed by atoms with Gasteiger partial charge in [-0.15, -0.1) is 10.2 Å². The summed E-state index contributed by atoms with van der Waals surface area (Å²) in [6.07, 6.45) is 8.42. The van der Waals surface area contributed by atoms with Crippen LogP contribution in [0.1, 0.15) is 50.2 Å². The van der Waals surface area contributed by atoms with Crippen LogP contribution in [0.25, 0.3) is 0 Å². The Morgan fingerprint density at radius 2 is 1.22 bits per heavy atom. The number of aliphatic hydroxyl groups is 1. The van der Waals surface area contributed by atoms with Gasteiger partial charge >= 0.3 is 0 Å². The first-order valence-electron chi connectivity index (χ1n) is 11.4. The van der Waals surface area contributed by atoms with E-state index in [1.165, 1.54) is 0 Å². The topological polar surface area (TPSA) is 94.4 Å². The van der Waals surface area contributed by atoms with Crippen LogP contribution in [0.5, 0.6) is 0 Å². The van der Waals surface area contributed by atoms with Gasteiger partial charge in [-0.05, 0) is 46.8 Å². The summed E-state index contributed by atoms with van der Waals surface area (Å²) in [5.74, 6) is 0.171. The summed E-state index contributed by atoms with van der Waals surface area (Å²) in [6.45, 7) is 2.22. The third-order valence-corrected chi connectivity index (χ3v) is 6.71. The van der Waals surface area contributed by atoms with Crippen molar-refractivity contribution in [2.75, 3.05) is 6.61 Å². The summed E-state index contributed by atoms with van der Waals surface area (Å²) in [7, 11) is 0. The Bertz CT molecular complexity index is 962. The molecule has 2 aromatic carbocycles. The van der Waals surface area contributed by atoms with Gasteiger partial charge in [0.2, 0.25) is 0 Å². The molecule has 32 heavy (non-hydrogen) atoms. The van der Waals surface area contributed by atoms with Crippen LogP contribution >= 0.6 is 0 Å². The molecule has 2 aliphatic heterocycles. The molecule has 2 aromatic rings. The van der Waals surface area contributed by atoms with Gasteiger partial charge in [0.05, 0.1) is 12.4 Å². The Kier molecular flexibility index (Phi) is 6.95. The van der Waals surface area contributed by atoms with Crippen LogP contribution in [0, 0.1) is 11.8 Å². The molecule has 1 N–H and O–H groups in total. The van der Waals surface area contributed by atoms with Gasteiger partial charge in [0.15, 0.2) is 5.54 Å². The van der Waals surface area contributed by atoms with Crippen LogP contribution in [0.2, 0.25) is 0 Å². The van der Waals surface area contributed by atoms with Gasteiger partial charge < -0.3 is 5.11 Å². The van der Waals surface area contributed by atoms with Gasteiger partial charge in [-0.1, -0.05) is 80.4 Å². The zero-order chi connectivity index (χ0) is 22.3. The van der Waals surface area contributed by atoms with E-state index in [9.17, 15) is 5.11 Å². The fraction of sp³-hybridized carbons (Fsp3) is 0.440. The lowest BCUT2D eigenvalue weighted by Crippen LogP contribution is -2.37. The molecule has 2 aliphatic rings. The van der Waals surface area contributed by atoms with Crippen LogP contribution in [0.3, 0.4) is 0 Å². The minimum Gasteiger partial charge on any atom is -0.396 e. The van der Waals surface area contributed by atoms with E-state index < -0.39 is 11.1 Å². The standard InChI is InChI=1S/C25H30N6O/c1-2-10-20(24(18-26-30-28-24)21-11-5-3-6-12-21)15-9-16-23(17-32)25(19-27-31-29-25)22-13-7-4-8-14-22/h3-8,11-14,18-20,23,32H,2,9-10,15-17H2,1H3. The molecule has 0 saturated heterocycles. The highest BCUT2D eigenvalue weighted by Gasteiger charge is 2.43. The van der Waals surface area contributed by atoms with Crippen molar-refractivity contribution in [2.45, 2.75) is 50.1 Å². The molecule has 7 nitrogen and oxygen atoms in total. The molecular weight excluding hydrogens is 400 g/mol. The van der Waals surface area contributed by atoms with E-state index in [1.807, 2.05) is 54.7 Å². The monoisotopic (exact) mass is 430 g/mol. The van der Waals surface area contributed by atoms with E-state index in [0.29, 0.717) is 0 Å². The van der Waals surface area contributed by atoms with E-state index >= 15 is 0 Å². The van der Waals surface area contributed by atoms with E-state index in [1.54, 1.807) is 6.21 Å². The molecule has 0 aliphatic carbocycles. The fourth-order valence-electron chi connectivity index (χ4n) is 4.99. The van der Waals surface area contributed by atoms with Crippen molar-refractivity contribution in [3.05, 3.63) is 71.8 Å². The zero-order valence-corrected chi connectivity index (χ0v) is 18.5. The summed E-state index contributed by atoms with van der Waals surface area (Å²) in [5.41, 5.74) is 0.908. The van der Waals surface area contributed by atoms with Crippen molar-refractivity contribution in [3.8, 4) is 0 Å². The number of benzene rings is 2. The predicted octanol–water partition coefficient (Wildman–Crippen LogP) is 5.88. The Morgan fingerprint density at radius 1 is 0.719 bits per heavy atom. The van der Waals surface area contributed by atoms with Gasteiger partial charge in [0.25, 0.3) is 0 Å². The lowest BCUT2D eigenvalue weighted by molar-refractivity contribution is 0.169. The van der Waals surface area contributed by atoms with Crippen molar-refractivity contribution < 1.29 is 5.11 Å². The molecule has 166 valence electrons. The highest BCUT2D eigenvalue weighted by atomic mass is 16.3. The number of aliphatic hydroxyl groups excluding tert-OH is 1. The molecule has 0 amide bonds. The van der Waals surface area contributed by atoms with E-state index in [0.717, 1.165) is 43.2 Å². The van der Waals surface area contributed by atoms with Crippen molar-refractivity contribution in [1.29, 1.82) is 0 Å². The second-order valence-electron chi connectivity index (χ2n) is 8.55. The number of nitrogens with zero attached hydrogens (tertiary/aromatic N) is 6. The maximum atomic E-state index is 10.3. The van der Waals surface area contributed by atoms with Crippen molar-refractivity contribution in [3.63, 3.8) is 0 Å². The molecule has 0 aromatic heterocycles. The van der Waals surface area contributed by atoms with Gasteiger partial charge in [-0.3, -0.25) is 0 Å². The molecule has 0 spiro atoms. The third-order valence-electron chi connectivity index (χ3n) is 6.71. The number of hydrogen-bond donors (Lipinski definition) is 1. The summed E-state index contributed by atoms with van der Waals surface area (Å²) in [6, 6.07) is 20.3. The van der Waals surface area contributed by atoms with Crippen LogP contribution in [0.15, 0.2) is 91.5 Å². The lowest BCUT2D eigenvalue weighted by Gasteiger charge is -2.33. The van der Waals surface area contributed by atoms with Gasteiger partial charge in [-0.2, -0.15) is 10.2 Å². The van der Waals surface area contributed by atoms with E-state index in [4.69, 9.17) is 0 Å². The Hall–Kier alpha value is -3.06. The fourth-order valence-corrected chi connectivity index (χ4v) is 4.99. The normalized spacial score (nSPS) is 25.4. The average molecular weight is 431 g/mol. The minimum atomic E-state index is -0.706. The van der Waals surface area contributed by atoms with E-state index in [2.05, 4.69) is 49.9 Å². The lowest BCUT2D eigenvalue weighted by atomic mass is 9.73. The molecule has 2 heterocycles. The first kappa shape index (κ1) is 22.1. The molecule has 4 unspecified atom stereocenters. The summed E-state index contributed by atoms with van der Waals surface area (Å²) in [5, 5.41) is 35.5. The second kappa shape index (κ2) is 10.0. The summed E-state index contributed by atoms with van der Waals surface area (Å²) < 4.78 is 0. The molecule has 0 fully saturated rings. The third kappa shape index (κ3) is 4.17. The summed E-state index contributed by atoms with van der Waals surface area (Å²) in [4.78, 5) is 0. The molecular formula is C25H30N6O. The van der Waals surface area contributed by atoms with E-state index in [-0.39, 0.29) is 18.4 Å². The van der Waals surface area contributed by atoms with Gasteiger partial charge in [0.1, 0.15) is 5.54 Å².